The quantitative estimate of drug-likeness (QED) is 0.852. The molecule has 0 aliphatic rings. The Labute approximate surface area is 136 Å². The third kappa shape index (κ3) is 4.28. The van der Waals surface area contributed by atoms with E-state index in [4.69, 9.17) is 4.74 Å². The fourth-order valence-corrected chi connectivity index (χ4v) is 2.74. The van der Waals surface area contributed by atoms with Crippen molar-refractivity contribution in [1.29, 1.82) is 0 Å². The van der Waals surface area contributed by atoms with Gasteiger partial charge in [-0.1, -0.05) is 29.8 Å². The SMILES string of the molecule is Cc1cc(OCC(=O)Nc2nccs2)c(C(C)C)cc1Br. The first-order chi connectivity index (χ1) is 9.97. The maximum Gasteiger partial charge on any atom is 0.264 e. The molecule has 1 aromatic heterocycles. The highest BCUT2D eigenvalue weighted by Crippen LogP contribution is 2.32. The van der Waals surface area contributed by atoms with E-state index in [0.29, 0.717) is 11.0 Å². The van der Waals surface area contributed by atoms with E-state index in [1.54, 1.807) is 6.20 Å². The van der Waals surface area contributed by atoms with Crippen LogP contribution < -0.4 is 10.1 Å². The molecule has 0 aliphatic carbocycles. The lowest BCUT2D eigenvalue weighted by Gasteiger charge is -2.15. The second kappa shape index (κ2) is 7.04. The zero-order valence-corrected chi connectivity index (χ0v) is 14.5. The fourth-order valence-electron chi connectivity index (χ4n) is 1.83. The Bertz CT molecular complexity index is 627. The van der Waals surface area contributed by atoms with E-state index in [1.165, 1.54) is 11.3 Å². The Morgan fingerprint density at radius 3 is 2.86 bits per heavy atom. The highest BCUT2D eigenvalue weighted by molar-refractivity contribution is 9.10. The molecule has 4 nitrogen and oxygen atoms in total. The van der Waals surface area contributed by atoms with Crippen molar-refractivity contribution >= 4 is 38.3 Å². The lowest BCUT2D eigenvalue weighted by atomic mass is 10.0. The molecule has 112 valence electrons. The van der Waals surface area contributed by atoms with Gasteiger partial charge in [0.1, 0.15) is 5.75 Å². The maximum absolute atomic E-state index is 11.8. The second-order valence-corrected chi connectivity index (χ2v) is 6.72. The molecule has 0 unspecified atom stereocenters. The zero-order chi connectivity index (χ0) is 15.4. The van der Waals surface area contributed by atoms with Crippen molar-refractivity contribution in [2.24, 2.45) is 0 Å². The van der Waals surface area contributed by atoms with Gasteiger partial charge in [0.2, 0.25) is 0 Å². The van der Waals surface area contributed by atoms with Crippen LogP contribution in [0, 0.1) is 6.92 Å². The highest BCUT2D eigenvalue weighted by atomic mass is 79.9. The summed E-state index contributed by atoms with van der Waals surface area (Å²) in [5.41, 5.74) is 2.16. The smallest absolute Gasteiger partial charge is 0.264 e. The largest absolute Gasteiger partial charge is 0.483 e. The van der Waals surface area contributed by atoms with Gasteiger partial charge in [-0.15, -0.1) is 11.3 Å². The summed E-state index contributed by atoms with van der Waals surface area (Å²) in [5, 5.41) is 5.10. The van der Waals surface area contributed by atoms with Crippen molar-refractivity contribution < 1.29 is 9.53 Å². The minimum absolute atomic E-state index is 0.0274. The highest BCUT2D eigenvalue weighted by Gasteiger charge is 2.13. The number of benzene rings is 1. The summed E-state index contributed by atoms with van der Waals surface area (Å²) in [6.45, 7) is 6.16. The summed E-state index contributed by atoms with van der Waals surface area (Å²) in [6, 6.07) is 4.00. The van der Waals surface area contributed by atoms with Crippen LogP contribution in [-0.4, -0.2) is 17.5 Å². The molecule has 21 heavy (non-hydrogen) atoms. The van der Waals surface area contributed by atoms with Gasteiger partial charge < -0.3 is 4.74 Å². The van der Waals surface area contributed by atoms with Gasteiger partial charge in [0, 0.05) is 16.0 Å². The van der Waals surface area contributed by atoms with Gasteiger partial charge >= 0.3 is 0 Å². The standard InChI is InChI=1S/C15H17BrN2O2S/c1-9(2)11-7-12(16)10(3)6-13(11)20-8-14(19)18-15-17-4-5-21-15/h4-7,9H,8H2,1-3H3,(H,17,18,19). The van der Waals surface area contributed by atoms with Crippen molar-refractivity contribution in [3.63, 3.8) is 0 Å². The Hall–Kier alpha value is -1.40. The molecule has 1 amide bonds. The molecule has 0 aliphatic heterocycles. The van der Waals surface area contributed by atoms with E-state index in [2.05, 4.69) is 40.1 Å². The van der Waals surface area contributed by atoms with E-state index < -0.39 is 0 Å². The van der Waals surface area contributed by atoms with Gasteiger partial charge in [-0.3, -0.25) is 10.1 Å². The molecule has 6 heteroatoms. The second-order valence-electron chi connectivity index (χ2n) is 4.97. The predicted molar refractivity (Wildman–Crippen MR) is 89.2 cm³/mol. The van der Waals surface area contributed by atoms with Crippen LogP contribution in [0.3, 0.4) is 0 Å². The lowest BCUT2D eigenvalue weighted by Crippen LogP contribution is -2.20. The van der Waals surface area contributed by atoms with Crippen molar-refractivity contribution in [2.75, 3.05) is 11.9 Å². The number of aryl methyl sites for hydroxylation is 1. The van der Waals surface area contributed by atoms with Crippen LogP contribution in [0.25, 0.3) is 0 Å². The minimum Gasteiger partial charge on any atom is -0.483 e. The van der Waals surface area contributed by atoms with Gasteiger partial charge in [-0.05, 0) is 36.1 Å². The summed E-state index contributed by atoms with van der Waals surface area (Å²) in [4.78, 5) is 15.8. The fraction of sp³-hybridized carbons (Fsp3) is 0.333. The molecule has 0 saturated heterocycles. The molecular weight excluding hydrogens is 352 g/mol. The monoisotopic (exact) mass is 368 g/mol. The van der Waals surface area contributed by atoms with Gasteiger partial charge in [0.05, 0.1) is 0 Å². The molecule has 0 radical (unpaired) electrons. The van der Waals surface area contributed by atoms with E-state index in [9.17, 15) is 4.79 Å². The van der Waals surface area contributed by atoms with Gasteiger partial charge in [0.25, 0.3) is 5.91 Å². The molecular formula is C15H17BrN2O2S. The minimum atomic E-state index is -0.208. The van der Waals surface area contributed by atoms with Crippen LogP contribution in [0.2, 0.25) is 0 Å². The molecule has 0 spiro atoms. The molecule has 1 aromatic carbocycles. The van der Waals surface area contributed by atoms with Gasteiger partial charge in [-0.2, -0.15) is 0 Å². The zero-order valence-electron chi connectivity index (χ0n) is 12.1. The van der Waals surface area contributed by atoms with Crippen LogP contribution in [0.5, 0.6) is 5.75 Å². The Balaban J connectivity index is 2.05. The number of aromatic nitrogens is 1. The number of hydrogen-bond donors (Lipinski definition) is 1. The lowest BCUT2D eigenvalue weighted by molar-refractivity contribution is -0.118. The average molecular weight is 369 g/mol. The van der Waals surface area contributed by atoms with E-state index in [-0.39, 0.29) is 12.5 Å². The number of nitrogens with one attached hydrogen (secondary N) is 1. The van der Waals surface area contributed by atoms with E-state index >= 15 is 0 Å². The topological polar surface area (TPSA) is 51.2 Å². The summed E-state index contributed by atoms with van der Waals surface area (Å²) in [5.74, 6) is 0.860. The first-order valence-corrected chi connectivity index (χ1v) is 8.27. The van der Waals surface area contributed by atoms with Crippen molar-refractivity contribution in [1.82, 2.24) is 4.98 Å². The average Bonchev–Trinajstić information content (AvgIpc) is 2.92. The number of anilines is 1. The predicted octanol–water partition coefficient (Wildman–Crippen LogP) is 4.35. The first-order valence-electron chi connectivity index (χ1n) is 6.59. The number of thiazole rings is 1. The Morgan fingerprint density at radius 2 is 2.24 bits per heavy atom. The molecule has 0 bridgehead atoms. The molecule has 1 N–H and O–H groups in total. The van der Waals surface area contributed by atoms with E-state index in [1.807, 2.05) is 24.4 Å². The van der Waals surface area contributed by atoms with Crippen LogP contribution >= 0.6 is 27.3 Å². The van der Waals surface area contributed by atoms with Crippen molar-refractivity contribution in [2.45, 2.75) is 26.7 Å². The third-order valence-corrected chi connectivity index (χ3v) is 4.49. The van der Waals surface area contributed by atoms with Crippen LogP contribution in [0.15, 0.2) is 28.2 Å². The van der Waals surface area contributed by atoms with Gasteiger partial charge in [0.15, 0.2) is 11.7 Å². The molecule has 2 rings (SSSR count). The molecule has 0 saturated carbocycles. The Kier molecular flexibility index (Phi) is 5.36. The molecule has 0 atom stereocenters. The maximum atomic E-state index is 11.8. The van der Waals surface area contributed by atoms with Gasteiger partial charge in [-0.25, -0.2) is 4.98 Å². The summed E-state index contributed by atoms with van der Waals surface area (Å²) < 4.78 is 6.74. The van der Waals surface area contributed by atoms with Crippen molar-refractivity contribution in [3.8, 4) is 5.75 Å². The Morgan fingerprint density at radius 1 is 1.48 bits per heavy atom. The number of amides is 1. The molecule has 0 fully saturated rings. The number of halogens is 1. The summed E-state index contributed by atoms with van der Waals surface area (Å²) in [6.07, 6.45) is 1.65. The number of carbonyl (C=O) groups excluding carboxylic acids is 1. The van der Waals surface area contributed by atoms with Crippen LogP contribution in [0.1, 0.15) is 30.9 Å². The normalized spacial score (nSPS) is 10.7. The van der Waals surface area contributed by atoms with E-state index in [0.717, 1.165) is 21.3 Å². The number of ether oxygens (including phenoxy) is 1. The molecule has 2 aromatic rings. The van der Waals surface area contributed by atoms with Crippen LogP contribution in [-0.2, 0) is 4.79 Å². The third-order valence-electron chi connectivity index (χ3n) is 2.95. The number of hydrogen-bond acceptors (Lipinski definition) is 4. The summed E-state index contributed by atoms with van der Waals surface area (Å²) in [7, 11) is 0. The number of nitrogens with zero attached hydrogens (tertiary/aromatic N) is 1. The number of rotatable bonds is 5. The first kappa shape index (κ1) is 16.0. The van der Waals surface area contributed by atoms with Crippen LogP contribution in [0.4, 0.5) is 5.13 Å². The van der Waals surface area contributed by atoms with Crippen molar-refractivity contribution in [3.05, 3.63) is 39.3 Å². The molecule has 1 heterocycles. The summed E-state index contributed by atoms with van der Waals surface area (Å²) >= 11 is 4.91. The number of carbonyl (C=O) groups is 1.